The molecule has 2 aliphatic heterocycles. The minimum Gasteiger partial charge on any atom is -0.388 e. The van der Waals surface area contributed by atoms with E-state index in [2.05, 4.69) is 30.5 Å². The molecule has 1 saturated heterocycles. The van der Waals surface area contributed by atoms with Gasteiger partial charge in [-0.1, -0.05) is 56.3 Å². The van der Waals surface area contributed by atoms with Crippen molar-refractivity contribution in [2.75, 3.05) is 19.7 Å². The Morgan fingerprint density at radius 3 is 2.50 bits per heavy atom. The average Bonchev–Trinajstić information content (AvgIpc) is 3.14. The van der Waals surface area contributed by atoms with Crippen LogP contribution in [0.2, 0.25) is 0 Å². The number of aliphatic hydroxyl groups excluding tert-OH is 1. The minimum atomic E-state index is -0.507. The highest BCUT2D eigenvalue weighted by Gasteiger charge is 2.43. The van der Waals surface area contributed by atoms with E-state index in [1.807, 2.05) is 24.3 Å². The van der Waals surface area contributed by atoms with Gasteiger partial charge in [0.25, 0.3) is 0 Å². The molecule has 7 heteroatoms. The molecule has 0 radical (unpaired) electrons. The largest absolute Gasteiger partial charge is 0.388 e. The van der Waals surface area contributed by atoms with Crippen LogP contribution in [0.3, 0.4) is 0 Å². The normalized spacial score (nSPS) is 17.9. The number of nitrogens with zero attached hydrogens (tertiary/aromatic N) is 3. The number of carbonyl (C=O) groups excluding carboxylic acids is 3. The zero-order valence-corrected chi connectivity index (χ0v) is 19.5. The highest BCUT2D eigenvalue weighted by atomic mass is 16.3. The van der Waals surface area contributed by atoms with Crippen LogP contribution in [-0.4, -0.2) is 62.8 Å². The Hall–Kier alpha value is -3.45. The molecule has 1 atom stereocenters. The second kappa shape index (κ2) is 8.72. The predicted octanol–water partition coefficient (Wildman–Crippen LogP) is 2.62. The van der Waals surface area contributed by atoms with Crippen LogP contribution in [0.15, 0.2) is 48.5 Å². The van der Waals surface area contributed by atoms with E-state index in [0.29, 0.717) is 37.5 Å². The van der Waals surface area contributed by atoms with Crippen molar-refractivity contribution in [2.24, 2.45) is 5.92 Å². The van der Waals surface area contributed by atoms with Crippen molar-refractivity contribution in [3.05, 3.63) is 70.9 Å². The molecular weight excluding hydrogens is 430 g/mol. The number of aromatic nitrogens is 1. The second-order valence-corrected chi connectivity index (χ2v) is 9.66. The zero-order chi connectivity index (χ0) is 24.0. The number of aliphatic hydroxyl groups is 1. The van der Waals surface area contributed by atoms with Crippen molar-refractivity contribution >= 4 is 28.5 Å². The third kappa shape index (κ3) is 3.80. The fraction of sp³-hybridized carbons (Fsp3) is 0.370. The number of fused-ring (bicyclic) bond motifs is 4. The lowest BCUT2D eigenvalue weighted by Gasteiger charge is -2.43. The van der Waals surface area contributed by atoms with E-state index >= 15 is 0 Å². The van der Waals surface area contributed by atoms with E-state index in [1.54, 1.807) is 21.9 Å². The summed E-state index contributed by atoms with van der Waals surface area (Å²) in [7, 11) is 0. The Labute approximate surface area is 198 Å². The average molecular weight is 460 g/mol. The molecule has 1 fully saturated rings. The number of hydrogen-bond acceptors (Lipinski definition) is 4. The van der Waals surface area contributed by atoms with Crippen LogP contribution < -0.4 is 0 Å². The van der Waals surface area contributed by atoms with Crippen molar-refractivity contribution in [3.8, 4) is 0 Å². The summed E-state index contributed by atoms with van der Waals surface area (Å²) in [5, 5.41) is 10.2. The van der Waals surface area contributed by atoms with Crippen LogP contribution in [0.5, 0.6) is 0 Å². The van der Waals surface area contributed by atoms with Gasteiger partial charge in [0.05, 0.1) is 13.1 Å². The van der Waals surface area contributed by atoms with Gasteiger partial charge >= 0.3 is 0 Å². The van der Waals surface area contributed by atoms with Crippen LogP contribution in [0, 0.1) is 5.92 Å². The lowest BCUT2D eigenvalue weighted by molar-refractivity contribution is -0.157. The highest BCUT2D eigenvalue weighted by Crippen LogP contribution is 2.35. The molecule has 7 nitrogen and oxygen atoms in total. The van der Waals surface area contributed by atoms with Crippen LogP contribution in [0.25, 0.3) is 10.9 Å². The summed E-state index contributed by atoms with van der Waals surface area (Å²) in [5.41, 5.74) is 4.77. The van der Waals surface area contributed by atoms with Crippen LogP contribution in [0.4, 0.5) is 0 Å². The van der Waals surface area contributed by atoms with E-state index in [0.717, 1.165) is 27.7 Å². The smallest absolute Gasteiger partial charge is 0.246 e. The molecular formula is C27H29N3O4. The van der Waals surface area contributed by atoms with Gasteiger partial charge in [0, 0.05) is 41.7 Å². The maximum atomic E-state index is 13.3. The summed E-state index contributed by atoms with van der Waals surface area (Å²) in [6.07, 6.45) is 0.520. The molecule has 0 spiro atoms. The van der Waals surface area contributed by atoms with Gasteiger partial charge in [-0.15, -0.1) is 0 Å². The maximum Gasteiger partial charge on any atom is 0.246 e. The Bertz CT molecular complexity index is 1280. The van der Waals surface area contributed by atoms with Crippen molar-refractivity contribution in [1.82, 2.24) is 14.4 Å². The lowest BCUT2D eigenvalue weighted by Crippen LogP contribution is -2.62. The van der Waals surface area contributed by atoms with E-state index in [-0.39, 0.29) is 24.1 Å². The summed E-state index contributed by atoms with van der Waals surface area (Å²) in [4.78, 5) is 41.6. The summed E-state index contributed by atoms with van der Waals surface area (Å²) in [6.45, 7) is 5.35. The predicted molar refractivity (Wildman–Crippen MR) is 128 cm³/mol. The van der Waals surface area contributed by atoms with Gasteiger partial charge in [-0.25, -0.2) is 0 Å². The summed E-state index contributed by atoms with van der Waals surface area (Å²) in [6, 6.07) is 15.0. The van der Waals surface area contributed by atoms with Gasteiger partial charge < -0.3 is 19.5 Å². The second-order valence-electron chi connectivity index (χ2n) is 9.66. The number of hydrogen-bond donors (Lipinski definition) is 1. The molecule has 1 unspecified atom stereocenters. The molecule has 3 heterocycles. The quantitative estimate of drug-likeness (QED) is 0.575. The number of Topliss-reactive ketones (excluding diaryl/α,β-unsaturated/α-hetero) is 1. The molecule has 3 aromatic rings. The van der Waals surface area contributed by atoms with Gasteiger partial charge in [0.2, 0.25) is 11.8 Å². The highest BCUT2D eigenvalue weighted by molar-refractivity contribution is 5.97. The molecule has 5 rings (SSSR count). The maximum absolute atomic E-state index is 13.3. The molecule has 1 aromatic heterocycles. The Balaban J connectivity index is 1.52. The molecule has 0 saturated carbocycles. The fourth-order valence-corrected chi connectivity index (χ4v) is 5.28. The SMILES string of the molecule is CC(C)CN1CC(=O)N2Cc3c(c4ccccc4n3Cc3ccc(C(=O)CO)cc3)CC2C1=O. The molecule has 2 aliphatic rings. The van der Waals surface area contributed by atoms with Gasteiger partial charge in [0.1, 0.15) is 12.6 Å². The third-order valence-corrected chi connectivity index (χ3v) is 6.88. The number of benzene rings is 2. The van der Waals surface area contributed by atoms with E-state index < -0.39 is 12.6 Å². The fourth-order valence-electron chi connectivity index (χ4n) is 5.28. The topological polar surface area (TPSA) is 82.8 Å². The third-order valence-electron chi connectivity index (χ3n) is 6.88. The van der Waals surface area contributed by atoms with Crippen LogP contribution >= 0.6 is 0 Å². The van der Waals surface area contributed by atoms with Crippen molar-refractivity contribution < 1.29 is 19.5 Å². The Kier molecular flexibility index (Phi) is 5.73. The zero-order valence-electron chi connectivity index (χ0n) is 19.5. The van der Waals surface area contributed by atoms with E-state index in [9.17, 15) is 14.4 Å². The van der Waals surface area contributed by atoms with E-state index in [1.165, 1.54) is 0 Å². The number of piperazine rings is 1. The van der Waals surface area contributed by atoms with Gasteiger partial charge in [-0.05, 0) is 23.1 Å². The first-order valence-electron chi connectivity index (χ1n) is 11.8. The Morgan fingerprint density at radius 1 is 1.06 bits per heavy atom. The number of amides is 2. The first-order chi connectivity index (χ1) is 16.4. The van der Waals surface area contributed by atoms with Crippen molar-refractivity contribution in [1.29, 1.82) is 0 Å². The molecule has 34 heavy (non-hydrogen) atoms. The summed E-state index contributed by atoms with van der Waals surface area (Å²) in [5.74, 6) is 0.0455. The number of ketones is 1. The van der Waals surface area contributed by atoms with Gasteiger partial charge in [0.15, 0.2) is 5.78 Å². The van der Waals surface area contributed by atoms with Gasteiger partial charge in [-0.3, -0.25) is 14.4 Å². The Morgan fingerprint density at radius 2 is 1.79 bits per heavy atom. The molecule has 0 bridgehead atoms. The first-order valence-corrected chi connectivity index (χ1v) is 11.8. The van der Waals surface area contributed by atoms with Crippen LogP contribution in [0.1, 0.15) is 41.0 Å². The number of rotatable bonds is 6. The summed E-state index contributed by atoms with van der Waals surface area (Å²) >= 11 is 0. The number of carbonyl (C=O) groups is 3. The molecule has 2 amide bonds. The molecule has 1 N–H and O–H groups in total. The molecule has 176 valence electrons. The van der Waals surface area contributed by atoms with Gasteiger partial charge in [-0.2, -0.15) is 0 Å². The standard InChI is InChI=1S/C27H29N3O4/c1-17(2)12-28-15-26(33)30-14-24-21(11-23(30)27(28)34)20-5-3-4-6-22(20)29(24)13-18-7-9-19(10-8-18)25(32)16-31/h3-10,17,23,31H,11-16H2,1-2H3. The first kappa shape index (κ1) is 22.3. The summed E-state index contributed by atoms with van der Waals surface area (Å²) < 4.78 is 2.22. The van der Waals surface area contributed by atoms with Crippen molar-refractivity contribution in [2.45, 2.75) is 39.4 Å². The number of para-hydroxylation sites is 1. The molecule has 0 aliphatic carbocycles. The molecule has 2 aromatic carbocycles. The monoisotopic (exact) mass is 459 g/mol. The van der Waals surface area contributed by atoms with Crippen molar-refractivity contribution in [3.63, 3.8) is 0 Å². The minimum absolute atomic E-state index is 0.000394. The van der Waals surface area contributed by atoms with Crippen LogP contribution in [-0.2, 0) is 29.1 Å². The lowest BCUT2D eigenvalue weighted by atomic mass is 9.93. The van der Waals surface area contributed by atoms with E-state index in [4.69, 9.17) is 5.11 Å².